The highest BCUT2D eigenvalue weighted by atomic mass is 16.5. The van der Waals surface area contributed by atoms with Gasteiger partial charge in [0.2, 0.25) is 5.95 Å². The topological polar surface area (TPSA) is 52.0 Å². The first kappa shape index (κ1) is 13.0. The molecular formula is C15H20N4O. The second kappa shape index (κ2) is 4.51. The van der Waals surface area contributed by atoms with Crippen LogP contribution in [0.3, 0.4) is 0 Å². The van der Waals surface area contributed by atoms with Gasteiger partial charge in [-0.15, -0.1) is 0 Å². The molecule has 5 heteroatoms. The van der Waals surface area contributed by atoms with E-state index in [0.29, 0.717) is 6.54 Å². The maximum atomic E-state index is 6.07. The van der Waals surface area contributed by atoms with Crippen LogP contribution in [0.2, 0.25) is 0 Å². The van der Waals surface area contributed by atoms with E-state index in [9.17, 15) is 0 Å². The molecule has 1 aromatic carbocycles. The third-order valence-electron chi connectivity index (χ3n) is 3.48. The Morgan fingerprint density at radius 3 is 2.90 bits per heavy atom. The Morgan fingerprint density at radius 1 is 1.40 bits per heavy atom. The first-order valence-electron chi connectivity index (χ1n) is 6.86. The van der Waals surface area contributed by atoms with Crippen LogP contribution in [0.4, 0.5) is 5.95 Å². The first-order chi connectivity index (χ1) is 9.44. The van der Waals surface area contributed by atoms with Crippen molar-refractivity contribution < 1.29 is 4.74 Å². The number of fused-ring (bicyclic) bond motifs is 1. The number of ether oxygens (including phenoxy) is 1. The van der Waals surface area contributed by atoms with E-state index in [1.54, 1.807) is 4.68 Å². The van der Waals surface area contributed by atoms with E-state index in [2.05, 4.69) is 47.4 Å². The van der Waals surface area contributed by atoms with E-state index in [1.165, 1.54) is 5.56 Å². The normalized spacial score (nSPS) is 15.8. The highest BCUT2D eigenvalue weighted by Gasteiger charge is 2.31. The Hall–Kier alpha value is -2.04. The summed E-state index contributed by atoms with van der Waals surface area (Å²) in [7, 11) is 1.89. The Kier molecular flexibility index (Phi) is 2.92. The molecule has 0 saturated carbocycles. The van der Waals surface area contributed by atoms with Crippen LogP contribution in [0.1, 0.15) is 30.8 Å². The van der Waals surface area contributed by atoms with Crippen molar-refractivity contribution in [1.29, 1.82) is 0 Å². The molecule has 1 N–H and O–H groups in total. The van der Waals surface area contributed by atoms with Gasteiger partial charge in [0.25, 0.3) is 0 Å². The van der Waals surface area contributed by atoms with Crippen molar-refractivity contribution in [3.8, 4) is 5.75 Å². The SMILES string of the molecule is Cc1nc(NCc2cccc3c2OC(C)(C)C3)n(C)n1. The van der Waals surface area contributed by atoms with E-state index in [-0.39, 0.29) is 5.60 Å². The Bertz CT molecular complexity index is 645. The van der Waals surface area contributed by atoms with Gasteiger partial charge >= 0.3 is 0 Å². The highest BCUT2D eigenvalue weighted by molar-refractivity contribution is 5.47. The third-order valence-corrected chi connectivity index (χ3v) is 3.48. The van der Waals surface area contributed by atoms with Crippen molar-refractivity contribution in [2.45, 2.75) is 39.3 Å². The lowest BCUT2D eigenvalue weighted by atomic mass is 10.0. The summed E-state index contributed by atoms with van der Waals surface area (Å²) < 4.78 is 7.82. The van der Waals surface area contributed by atoms with Gasteiger partial charge in [-0.25, -0.2) is 4.68 Å². The molecule has 0 radical (unpaired) electrons. The van der Waals surface area contributed by atoms with Gasteiger partial charge in [-0.3, -0.25) is 0 Å². The average molecular weight is 272 g/mol. The van der Waals surface area contributed by atoms with Crippen molar-refractivity contribution in [2.75, 3.05) is 5.32 Å². The summed E-state index contributed by atoms with van der Waals surface area (Å²) in [5.74, 6) is 2.56. The van der Waals surface area contributed by atoms with Crippen LogP contribution in [0.15, 0.2) is 18.2 Å². The lowest BCUT2D eigenvalue weighted by Crippen LogP contribution is -2.25. The monoisotopic (exact) mass is 272 g/mol. The molecule has 0 bridgehead atoms. The zero-order chi connectivity index (χ0) is 14.3. The fourth-order valence-corrected chi connectivity index (χ4v) is 2.66. The lowest BCUT2D eigenvalue weighted by Gasteiger charge is -2.18. The van der Waals surface area contributed by atoms with Gasteiger partial charge in [0.05, 0.1) is 0 Å². The molecule has 20 heavy (non-hydrogen) atoms. The summed E-state index contributed by atoms with van der Waals surface area (Å²) in [6, 6.07) is 6.32. The summed E-state index contributed by atoms with van der Waals surface area (Å²) in [5, 5.41) is 7.55. The van der Waals surface area contributed by atoms with Gasteiger partial charge in [0.1, 0.15) is 17.2 Å². The first-order valence-corrected chi connectivity index (χ1v) is 6.86. The molecule has 0 unspecified atom stereocenters. The van der Waals surface area contributed by atoms with Crippen molar-refractivity contribution >= 4 is 5.95 Å². The maximum Gasteiger partial charge on any atom is 0.221 e. The summed E-state index contributed by atoms with van der Waals surface area (Å²) in [6.45, 7) is 6.81. The summed E-state index contributed by atoms with van der Waals surface area (Å²) in [6.07, 6.45) is 0.958. The van der Waals surface area contributed by atoms with Crippen LogP contribution < -0.4 is 10.1 Å². The molecule has 0 saturated heterocycles. The fourth-order valence-electron chi connectivity index (χ4n) is 2.66. The zero-order valence-corrected chi connectivity index (χ0v) is 12.4. The predicted molar refractivity (Wildman–Crippen MR) is 77.9 cm³/mol. The van der Waals surface area contributed by atoms with E-state index in [0.717, 1.165) is 29.5 Å². The van der Waals surface area contributed by atoms with E-state index >= 15 is 0 Å². The van der Waals surface area contributed by atoms with Gasteiger partial charge < -0.3 is 10.1 Å². The smallest absolute Gasteiger partial charge is 0.221 e. The zero-order valence-electron chi connectivity index (χ0n) is 12.4. The van der Waals surface area contributed by atoms with Crippen LogP contribution >= 0.6 is 0 Å². The van der Waals surface area contributed by atoms with Crippen LogP contribution in [0, 0.1) is 6.92 Å². The van der Waals surface area contributed by atoms with Gasteiger partial charge in [0, 0.05) is 25.6 Å². The minimum Gasteiger partial charge on any atom is -0.487 e. The molecule has 0 fully saturated rings. The van der Waals surface area contributed by atoms with Gasteiger partial charge in [-0.2, -0.15) is 10.1 Å². The van der Waals surface area contributed by atoms with Gasteiger partial charge in [-0.1, -0.05) is 18.2 Å². The van der Waals surface area contributed by atoms with Crippen molar-refractivity contribution in [2.24, 2.45) is 7.05 Å². The predicted octanol–water partition coefficient (Wildman–Crippen LogP) is 2.45. The second-order valence-corrected chi connectivity index (χ2v) is 5.90. The number of benzene rings is 1. The molecule has 2 aromatic rings. The van der Waals surface area contributed by atoms with Crippen LogP contribution in [0.5, 0.6) is 5.75 Å². The molecule has 1 aliphatic rings. The largest absolute Gasteiger partial charge is 0.487 e. The second-order valence-electron chi connectivity index (χ2n) is 5.90. The lowest BCUT2D eigenvalue weighted by molar-refractivity contribution is 0.137. The van der Waals surface area contributed by atoms with Crippen molar-refractivity contribution in [3.05, 3.63) is 35.2 Å². The van der Waals surface area contributed by atoms with E-state index < -0.39 is 0 Å². The molecule has 1 aliphatic heterocycles. The van der Waals surface area contributed by atoms with Crippen LogP contribution in [0.25, 0.3) is 0 Å². The average Bonchev–Trinajstić information content (AvgIpc) is 2.84. The molecule has 2 heterocycles. The Balaban J connectivity index is 1.80. The van der Waals surface area contributed by atoms with Gasteiger partial charge in [-0.05, 0) is 26.3 Å². The molecule has 1 aromatic heterocycles. The molecule has 0 amide bonds. The number of nitrogens with zero attached hydrogens (tertiary/aromatic N) is 3. The standard InChI is InChI=1S/C15H20N4O/c1-10-17-14(19(4)18-10)16-9-12-7-5-6-11-8-15(2,3)20-13(11)12/h5-7H,8-9H2,1-4H3,(H,16,17,18). The molecule has 0 spiro atoms. The van der Waals surface area contributed by atoms with Crippen molar-refractivity contribution in [1.82, 2.24) is 14.8 Å². The van der Waals surface area contributed by atoms with Gasteiger partial charge in [0.15, 0.2) is 0 Å². The molecule has 0 atom stereocenters. The number of para-hydroxylation sites is 1. The number of aromatic nitrogens is 3. The number of rotatable bonds is 3. The molecule has 5 nitrogen and oxygen atoms in total. The summed E-state index contributed by atoms with van der Waals surface area (Å²) in [4.78, 5) is 4.35. The molecule has 106 valence electrons. The molecular weight excluding hydrogens is 252 g/mol. The minimum absolute atomic E-state index is 0.111. The Labute approximate surface area is 119 Å². The van der Waals surface area contributed by atoms with Crippen molar-refractivity contribution in [3.63, 3.8) is 0 Å². The van der Waals surface area contributed by atoms with Crippen LogP contribution in [-0.4, -0.2) is 20.4 Å². The number of hydrogen-bond donors (Lipinski definition) is 1. The highest BCUT2D eigenvalue weighted by Crippen LogP contribution is 2.37. The van der Waals surface area contributed by atoms with Crippen LogP contribution in [-0.2, 0) is 20.0 Å². The number of hydrogen-bond acceptors (Lipinski definition) is 4. The number of nitrogens with one attached hydrogen (secondary N) is 1. The minimum atomic E-state index is -0.111. The number of anilines is 1. The number of aryl methyl sites for hydroxylation is 2. The third kappa shape index (κ3) is 2.35. The van der Waals surface area contributed by atoms with E-state index in [4.69, 9.17) is 4.74 Å². The Morgan fingerprint density at radius 2 is 2.20 bits per heavy atom. The summed E-state index contributed by atoms with van der Waals surface area (Å²) in [5.41, 5.74) is 2.33. The summed E-state index contributed by atoms with van der Waals surface area (Å²) >= 11 is 0. The maximum absolute atomic E-state index is 6.07. The quantitative estimate of drug-likeness (QED) is 0.932. The molecule has 0 aliphatic carbocycles. The van der Waals surface area contributed by atoms with E-state index in [1.807, 2.05) is 14.0 Å². The fraction of sp³-hybridized carbons (Fsp3) is 0.467. The molecule has 3 rings (SSSR count).